The van der Waals surface area contributed by atoms with E-state index in [4.69, 9.17) is 16.1 Å². The Morgan fingerprint density at radius 3 is 2.77 bits per heavy atom. The first kappa shape index (κ1) is 8.31. The fourth-order valence-electron chi connectivity index (χ4n) is 1.09. The molecule has 0 amide bonds. The largest absolute Gasteiger partial charge is 0.364 e. The Kier molecular flexibility index (Phi) is 1.84. The van der Waals surface area contributed by atoms with E-state index in [0.29, 0.717) is 10.7 Å². The van der Waals surface area contributed by atoms with Crippen LogP contribution in [0.25, 0.3) is 11.3 Å². The SMILES string of the molecule is Cc1c(Cl)c(-c2cnoc2)nn1C. The highest BCUT2D eigenvalue weighted by molar-refractivity contribution is 6.33. The maximum Gasteiger partial charge on any atom is 0.133 e. The summed E-state index contributed by atoms with van der Waals surface area (Å²) >= 11 is 6.05. The first-order chi connectivity index (χ1) is 6.20. The highest BCUT2D eigenvalue weighted by atomic mass is 35.5. The molecule has 0 N–H and O–H groups in total. The van der Waals surface area contributed by atoms with Gasteiger partial charge >= 0.3 is 0 Å². The number of halogens is 1. The number of nitrogens with zero attached hydrogens (tertiary/aromatic N) is 3. The summed E-state index contributed by atoms with van der Waals surface area (Å²) < 4.78 is 6.44. The molecule has 0 atom stereocenters. The number of aromatic nitrogens is 3. The maximum atomic E-state index is 6.05. The van der Waals surface area contributed by atoms with Crippen molar-refractivity contribution in [2.75, 3.05) is 0 Å². The minimum absolute atomic E-state index is 0.644. The summed E-state index contributed by atoms with van der Waals surface area (Å²) in [6.45, 7) is 1.91. The van der Waals surface area contributed by atoms with Gasteiger partial charge in [-0.3, -0.25) is 4.68 Å². The normalized spacial score (nSPS) is 10.7. The van der Waals surface area contributed by atoms with Gasteiger partial charge in [0.1, 0.15) is 12.0 Å². The van der Waals surface area contributed by atoms with Crippen molar-refractivity contribution >= 4 is 11.6 Å². The highest BCUT2D eigenvalue weighted by Crippen LogP contribution is 2.28. The second-order valence-electron chi connectivity index (χ2n) is 2.78. The van der Waals surface area contributed by atoms with E-state index in [2.05, 4.69) is 10.3 Å². The van der Waals surface area contributed by atoms with Crippen molar-refractivity contribution in [3.8, 4) is 11.3 Å². The van der Waals surface area contributed by atoms with Crippen LogP contribution in [0.3, 0.4) is 0 Å². The lowest BCUT2D eigenvalue weighted by Crippen LogP contribution is -1.92. The average molecular weight is 198 g/mol. The van der Waals surface area contributed by atoms with Crippen LogP contribution in [0.4, 0.5) is 0 Å². The van der Waals surface area contributed by atoms with E-state index in [9.17, 15) is 0 Å². The van der Waals surface area contributed by atoms with Crippen LogP contribution >= 0.6 is 11.6 Å². The van der Waals surface area contributed by atoms with Gasteiger partial charge in [0.2, 0.25) is 0 Å². The van der Waals surface area contributed by atoms with Gasteiger partial charge in [-0.2, -0.15) is 5.10 Å². The molecule has 0 bridgehead atoms. The minimum Gasteiger partial charge on any atom is -0.364 e. The lowest BCUT2D eigenvalue weighted by atomic mass is 10.2. The topological polar surface area (TPSA) is 43.9 Å². The molecule has 0 aromatic carbocycles. The Morgan fingerprint density at radius 1 is 1.54 bits per heavy atom. The van der Waals surface area contributed by atoms with Crippen LogP contribution in [0.5, 0.6) is 0 Å². The Labute approximate surface area is 80.1 Å². The van der Waals surface area contributed by atoms with Crippen LogP contribution in [0.1, 0.15) is 5.69 Å². The molecule has 0 fully saturated rings. The molecule has 5 heteroatoms. The zero-order valence-corrected chi connectivity index (χ0v) is 8.04. The van der Waals surface area contributed by atoms with Gasteiger partial charge in [-0.1, -0.05) is 16.8 Å². The number of hydrogen-bond donors (Lipinski definition) is 0. The fraction of sp³-hybridized carbons (Fsp3) is 0.250. The quantitative estimate of drug-likeness (QED) is 0.703. The van der Waals surface area contributed by atoms with E-state index in [1.54, 1.807) is 10.9 Å². The van der Waals surface area contributed by atoms with Gasteiger partial charge in [0.05, 0.1) is 22.5 Å². The van der Waals surface area contributed by atoms with Gasteiger partial charge in [-0.15, -0.1) is 0 Å². The molecule has 2 rings (SSSR count). The summed E-state index contributed by atoms with van der Waals surface area (Å²) in [7, 11) is 1.85. The number of aryl methyl sites for hydroxylation is 1. The molecule has 0 saturated carbocycles. The summed E-state index contributed by atoms with van der Waals surface area (Å²) in [6, 6.07) is 0. The predicted octanol–water partition coefficient (Wildman–Crippen LogP) is 2.04. The van der Waals surface area contributed by atoms with E-state index in [-0.39, 0.29) is 0 Å². The number of rotatable bonds is 1. The molecule has 0 aliphatic heterocycles. The molecule has 2 aromatic heterocycles. The van der Waals surface area contributed by atoms with Crippen molar-refractivity contribution in [3.63, 3.8) is 0 Å². The van der Waals surface area contributed by atoms with Crippen LogP contribution in [0.15, 0.2) is 17.0 Å². The zero-order valence-electron chi connectivity index (χ0n) is 7.28. The van der Waals surface area contributed by atoms with Gasteiger partial charge in [0.25, 0.3) is 0 Å². The molecule has 0 aliphatic rings. The third-order valence-electron chi connectivity index (χ3n) is 1.97. The third kappa shape index (κ3) is 1.23. The molecule has 68 valence electrons. The summed E-state index contributed by atoms with van der Waals surface area (Å²) in [6.07, 6.45) is 3.11. The highest BCUT2D eigenvalue weighted by Gasteiger charge is 2.13. The molecule has 0 aliphatic carbocycles. The average Bonchev–Trinajstić information content (AvgIpc) is 2.70. The zero-order chi connectivity index (χ0) is 9.42. The van der Waals surface area contributed by atoms with Crippen molar-refractivity contribution in [1.82, 2.24) is 14.9 Å². The summed E-state index contributed by atoms with van der Waals surface area (Å²) in [5.74, 6) is 0. The van der Waals surface area contributed by atoms with E-state index >= 15 is 0 Å². The van der Waals surface area contributed by atoms with Crippen molar-refractivity contribution in [2.24, 2.45) is 7.05 Å². The second-order valence-corrected chi connectivity index (χ2v) is 3.16. The van der Waals surface area contributed by atoms with Crippen LogP contribution in [0, 0.1) is 6.92 Å². The maximum absolute atomic E-state index is 6.05. The summed E-state index contributed by atoms with van der Waals surface area (Å²) in [5, 5.41) is 8.48. The van der Waals surface area contributed by atoms with E-state index in [1.807, 2.05) is 14.0 Å². The van der Waals surface area contributed by atoms with Crippen molar-refractivity contribution in [3.05, 3.63) is 23.2 Å². The minimum atomic E-state index is 0.644. The van der Waals surface area contributed by atoms with Gasteiger partial charge in [0, 0.05) is 7.05 Å². The van der Waals surface area contributed by atoms with Crippen LogP contribution in [0.2, 0.25) is 5.02 Å². The third-order valence-corrected chi connectivity index (χ3v) is 2.42. The van der Waals surface area contributed by atoms with Gasteiger partial charge in [-0.05, 0) is 6.92 Å². The standard InChI is InChI=1S/C8H8ClN3O/c1-5-7(9)8(11-12(5)2)6-3-10-13-4-6/h3-4H,1-2H3. The Bertz CT molecular complexity index is 419. The Balaban J connectivity index is 2.59. The van der Waals surface area contributed by atoms with Crippen LogP contribution < -0.4 is 0 Å². The van der Waals surface area contributed by atoms with Crippen LogP contribution in [-0.4, -0.2) is 14.9 Å². The first-order valence-corrected chi connectivity index (χ1v) is 4.17. The lowest BCUT2D eigenvalue weighted by molar-refractivity contribution is 0.420. The van der Waals surface area contributed by atoms with Crippen molar-refractivity contribution in [1.29, 1.82) is 0 Å². The molecular weight excluding hydrogens is 190 g/mol. The molecule has 0 spiro atoms. The monoisotopic (exact) mass is 197 g/mol. The molecule has 0 unspecified atom stereocenters. The molecule has 4 nitrogen and oxygen atoms in total. The summed E-state index contributed by atoms with van der Waals surface area (Å²) in [4.78, 5) is 0. The van der Waals surface area contributed by atoms with Crippen molar-refractivity contribution in [2.45, 2.75) is 6.92 Å². The smallest absolute Gasteiger partial charge is 0.133 e. The molecule has 0 saturated heterocycles. The van der Waals surface area contributed by atoms with E-state index < -0.39 is 0 Å². The lowest BCUT2D eigenvalue weighted by Gasteiger charge is -1.89. The molecule has 2 aromatic rings. The molecule has 2 heterocycles. The van der Waals surface area contributed by atoms with Gasteiger partial charge in [0.15, 0.2) is 0 Å². The van der Waals surface area contributed by atoms with Gasteiger partial charge in [-0.25, -0.2) is 0 Å². The first-order valence-electron chi connectivity index (χ1n) is 3.79. The molecule has 13 heavy (non-hydrogen) atoms. The predicted molar refractivity (Wildman–Crippen MR) is 48.5 cm³/mol. The second kappa shape index (κ2) is 2.88. The Hall–Kier alpha value is -1.29. The van der Waals surface area contributed by atoms with Crippen molar-refractivity contribution < 1.29 is 4.52 Å². The molecular formula is C8H8ClN3O. The number of hydrogen-bond acceptors (Lipinski definition) is 3. The van der Waals surface area contributed by atoms with Crippen LogP contribution in [-0.2, 0) is 7.05 Å². The fourth-order valence-corrected chi connectivity index (χ4v) is 1.36. The van der Waals surface area contributed by atoms with Gasteiger partial charge < -0.3 is 4.52 Å². The van der Waals surface area contributed by atoms with E-state index in [0.717, 1.165) is 11.3 Å². The summed E-state index contributed by atoms with van der Waals surface area (Å²) in [5.41, 5.74) is 2.44. The van der Waals surface area contributed by atoms with E-state index in [1.165, 1.54) is 6.26 Å². The Morgan fingerprint density at radius 2 is 2.31 bits per heavy atom. The molecule has 0 radical (unpaired) electrons.